The fraction of sp³-hybridized carbons (Fsp3) is 0.571. The highest BCUT2D eigenvalue weighted by Crippen LogP contribution is 2.44. The molecule has 1 aliphatic rings. The van der Waals surface area contributed by atoms with Gasteiger partial charge in [-0.05, 0) is 28.9 Å². The summed E-state index contributed by atoms with van der Waals surface area (Å²) in [6.45, 7) is 11.0. The summed E-state index contributed by atoms with van der Waals surface area (Å²) >= 11 is 0. The Bertz CT molecular complexity index is 297. The zero-order chi connectivity index (χ0) is 10.8. The molecule has 1 aliphatic carbocycles. The second-order valence-corrected chi connectivity index (χ2v) is 4.58. The topological polar surface area (TPSA) is 0 Å². The van der Waals surface area contributed by atoms with Gasteiger partial charge in [-0.25, -0.2) is 0 Å². The molecule has 0 nitrogen and oxygen atoms in total. The van der Waals surface area contributed by atoms with Crippen LogP contribution >= 0.6 is 0 Å². The molecular weight excluding hydrogens is 168 g/mol. The molecule has 0 heteroatoms. The van der Waals surface area contributed by atoms with Crippen LogP contribution in [-0.4, -0.2) is 0 Å². The zero-order valence-corrected chi connectivity index (χ0v) is 10.1. The molecule has 0 fully saturated rings. The van der Waals surface area contributed by atoms with E-state index < -0.39 is 0 Å². The van der Waals surface area contributed by atoms with Crippen LogP contribution in [0.2, 0.25) is 0 Å². The van der Waals surface area contributed by atoms with Gasteiger partial charge in [-0.2, -0.15) is 0 Å². The van der Waals surface area contributed by atoms with E-state index in [-0.39, 0.29) is 0 Å². The molecule has 0 spiro atoms. The summed E-state index contributed by atoms with van der Waals surface area (Å²) in [7, 11) is 0. The van der Waals surface area contributed by atoms with Crippen molar-refractivity contribution in [2.75, 3.05) is 0 Å². The van der Waals surface area contributed by atoms with Crippen molar-refractivity contribution in [3.05, 3.63) is 35.4 Å². The molecule has 0 aliphatic heterocycles. The summed E-state index contributed by atoms with van der Waals surface area (Å²) in [5.74, 6) is 0.746. The molecule has 78 valence electrons. The minimum atomic E-state index is 0.399. The first-order valence-electron chi connectivity index (χ1n) is 5.71. The van der Waals surface area contributed by atoms with Gasteiger partial charge in [0, 0.05) is 0 Å². The summed E-state index contributed by atoms with van der Waals surface area (Å²) in [5.41, 5.74) is 3.51. The van der Waals surface area contributed by atoms with Crippen LogP contribution in [0.25, 0.3) is 0 Å². The predicted molar refractivity (Wildman–Crippen MR) is 63.8 cm³/mol. The molecule has 0 N–H and O–H groups in total. The molecule has 0 saturated heterocycles. The Morgan fingerprint density at radius 2 is 1.71 bits per heavy atom. The first-order chi connectivity index (χ1) is 6.61. The van der Waals surface area contributed by atoms with E-state index in [4.69, 9.17) is 0 Å². The van der Waals surface area contributed by atoms with Gasteiger partial charge in [0.25, 0.3) is 0 Å². The van der Waals surface area contributed by atoms with Gasteiger partial charge in [0.05, 0.1) is 0 Å². The fourth-order valence-electron chi connectivity index (χ4n) is 2.53. The van der Waals surface area contributed by atoms with Gasteiger partial charge >= 0.3 is 0 Å². The van der Waals surface area contributed by atoms with Crippen LogP contribution < -0.4 is 0 Å². The van der Waals surface area contributed by atoms with E-state index in [2.05, 4.69) is 45.0 Å². The number of rotatable bonds is 0. The molecule has 0 heterocycles. The second-order valence-electron chi connectivity index (χ2n) is 4.58. The normalized spacial score (nSPS) is 22.2. The molecule has 0 radical (unpaired) electrons. The number of benzene rings is 1. The lowest BCUT2D eigenvalue weighted by Crippen LogP contribution is -2.11. The Morgan fingerprint density at radius 3 is 2.29 bits per heavy atom. The maximum absolute atomic E-state index is 2.34. The van der Waals surface area contributed by atoms with E-state index in [0.717, 1.165) is 5.92 Å². The van der Waals surface area contributed by atoms with Crippen LogP contribution in [0.1, 0.15) is 58.1 Å². The molecule has 1 aromatic rings. The molecule has 2 rings (SSSR count). The van der Waals surface area contributed by atoms with Gasteiger partial charge in [-0.3, -0.25) is 0 Å². The highest BCUT2D eigenvalue weighted by Gasteiger charge is 2.33. The minimum Gasteiger partial charge on any atom is -0.0683 e. The van der Waals surface area contributed by atoms with Crippen molar-refractivity contribution in [1.29, 1.82) is 0 Å². The minimum absolute atomic E-state index is 0.399. The lowest BCUT2D eigenvalue weighted by Gasteiger charge is -2.18. The molecule has 1 atom stereocenters. The van der Waals surface area contributed by atoms with E-state index >= 15 is 0 Å². The van der Waals surface area contributed by atoms with Gasteiger partial charge in [0.2, 0.25) is 0 Å². The van der Waals surface area contributed by atoms with Crippen molar-refractivity contribution in [3.8, 4) is 0 Å². The van der Waals surface area contributed by atoms with Gasteiger partial charge in [-0.1, -0.05) is 58.9 Å². The smallest absolute Gasteiger partial charge is 0.00950 e. The Hall–Kier alpha value is -0.780. The van der Waals surface area contributed by atoms with Crippen molar-refractivity contribution >= 4 is 0 Å². The third-order valence-electron chi connectivity index (χ3n) is 3.04. The van der Waals surface area contributed by atoms with Crippen molar-refractivity contribution in [2.45, 2.75) is 52.4 Å². The third-order valence-corrected chi connectivity index (χ3v) is 3.04. The summed E-state index contributed by atoms with van der Waals surface area (Å²) in [6, 6.07) is 8.85. The number of hydrogen-bond acceptors (Lipinski definition) is 0. The zero-order valence-electron chi connectivity index (χ0n) is 10.1. The molecule has 1 unspecified atom stereocenters. The summed E-state index contributed by atoms with van der Waals surface area (Å²) in [5, 5.41) is 0. The van der Waals surface area contributed by atoms with Crippen molar-refractivity contribution in [1.82, 2.24) is 0 Å². The highest BCUT2D eigenvalue weighted by molar-refractivity contribution is 5.40. The Balaban J connectivity index is 0.000000461. The number of fused-ring (bicyclic) bond motifs is 1. The Morgan fingerprint density at radius 1 is 1.14 bits per heavy atom. The van der Waals surface area contributed by atoms with Crippen LogP contribution in [0.15, 0.2) is 24.3 Å². The molecule has 14 heavy (non-hydrogen) atoms. The molecular formula is C14H22. The van der Waals surface area contributed by atoms with Gasteiger partial charge in [-0.15, -0.1) is 0 Å². The van der Waals surface area contributed by atoms with E-state index in [0.29, 0.717) is 5.41 Å². The largest absolute Gasteiger partial charge is 0.0683 e. The molecule has 0 saturated carbocycles. The van der Waals surface area contributed by atoms with Crippen LogP contribution in [0, 0.1) is 0 Å². The average Bonchev–Trinajstić information content (AvgIpc) is 2.42. The molecule has 0 aromatic heterocycles. The molecule has 1 aromatic carbocycles. The van der Waals surface area contributed by atoms with Crippen molar-refractivity contribution < 1.29 is 0 Å². The second kappa shape index (κ2) is 4.16. The Labute approximate surface area is 88.4 Å². The maximum Gasteiger partial charge on any atom is -0.00950 e. The van der Waals surface area contributed by atoms with E-state index in [1.54, 1.807) is 11.1 Å². The van der Waals surface area contributed by atoms with Gasteiger partial charge < -0.3 is 0 Å². The standard InChI is InChI=1S/C12H16.C2H6/c1-9-8-12(2,3)11-7-5-4-6-10(9)11;1-2/h4-7,9H,8H2,1-3H3;1-2H3. The number of hydrogen-bond donors (Lipinski definition) is 0. The van der Waals surface area contributed by atoms with Crippen LogP contribution in [0.4, 0.5) is 0 Å². The summed E-state index contributed by atoms with van der Waals surface area (Å²) in [6.07, 6.45) is 1.30. The lowest BCUT2D eigenvalue weighted by atomic mass is 9.86. The maximum atomic E-state index is 2.34. The third kappa shape index (κ3) is 1.84. The summed E-state index contributed by atoms with van der Waals surface area (Å²) < 4.78 is 0. The first kappa shape index (κ1) is 11.3. The fourth-order valence-corrected chi connectivity index (χ4v) is 2.53. The highest BCUT2D eigenvalue weighted by atomic mass is 14.4. The van der Waals surface area contributed by atoms with Crippen molar-refractivity contribution in [3.63, 3.8) is 0 Å². The lowest BCUT2D eigenvalue weighted by molar-refractivity contribution is 0.489. The monoisotopic (exact) mass is 190 g/mol. The van der Waals surface area contributed by atoms with Crippen molar-refractivity contribution in [2.24, 2.45) is 0 Å². The van der Waals surface area contributed by atoms with Gasteiger partial charge in [0.1, 0.15) is 0 Å². The Kier molecular flexibility index (Phi) is 3.36. The molecule has 0 bridgehead atoms. The first-order valence-corrected chi connectivity index (χ1v) is 5.71. The quantitative estimate of drug-likeness (QED) is 0.565. The van der Waals surface area contributed by atoms with E-state index in [1.165, 1.54) is 6.42 Å². The van der Waals surface area contributed by atoms with Crippen LogP contribution in [-0.2, 0) is 5.41 Å². The molecule has 0 amide bonds. The van der Waals surface area contributed by atoms with E-state index in [9.17, 15) is 0 Å². The SMILES string of the molecule is CC.CC1CC(C)(C)c2ccccc21. The van der Waals surface area contributed by atoms with E-state index in [1.807, 2.05) is 13.8 Å². The average molecular weight is 190 g/mol. The summed E-state index contributed by atoms with van der Waals surface area (Å²) in [4.78, 5) is 0. The van der Waals surface area contributed by atoms with Crippen LogP contribution in [0.5, 0.6) is 0 Å². The van der Waals surface area contributed by atoms with Gasteiger partial charge in [0.15, 0.2) is 0 Å². The van der Waals surface area contributed by atoms with Crippen LogP contribution in [0.3, 0.4) is 0 Å². The predicted octanol–water partition coefficient (Wildman–Crippen LogP) is 4.50.